The summed E-state index contributed by atoms with van der Waals surface area (Å²) in [4.78, 5) is 34.4. The maximum atomic E-state index is 12.1. The van der Waals surface area contributed by atoms with Crippen LogP contribution in [0.15, 0.2) is 60.8 Å². The van der Waals surface area contributed by atoms with Crippen LogP contribution in [-0.2, 0) is 9.53 Å². The second kappa shape index (κ2) is 8.12. The van der Waals surface area contributed by atoms with E-state index in [1.54, 1.807) is 41.2 Å². The van der Waals surface area contributed by atoms with Crippen LogP contribution in [0.5, 0.6) is 0 Å². The molecule has 0 saturated heterocycles. The summed E-state index contributed by atoms with van der Waals surface area (Å²) in [5.41, 5.74) is 1.79. The third kappa shape index (κ3) is 4.21. The zero-order valence-electron chi connectivity index (χ0n) is 14.9. The summed E-state index contributed by atoms with van der Waals surface area (Å²) in [6, 6.07) is 14.1. The molecule has 28 heavy (non-hydrogen) atoms. The highest BCUT2D eigenvalue weighted by Gasteiger charge is 2.16. The van der Waals surface area contributed by atoms with Crippen molar-refractivity contribution in [2.45, 2.75) is 6.92 Å². The predicted octanol–water partition coefficient (Wildman–Crippen LogP) is 2.88. The molecule has 1 amide bonds. The van der Waals surface area contributed by atoms with Crippen molar-refractivity contribution in [3.63, 3.8) is 0 Å². The van der Waals surface area contributed by atoms with Crippen molar-refractivity contribution in [2.75, 3.05) is 11.9 Å². The molecule has 3 rings (SSSR count). The van der Waals surface area contributed by atoms with Crippen molar-refractivity contribution in [3.05, 3.63) is 82.2 Å². The Hall–Kier alpha value is -4.01. The lowest BCUT2D eigenvalue weighted by Gasteiger charge is -2.08. The molecule has 0 unspecified atom stereocenters. The third-order valence-electron chi connectivity index (χ3n) is 3.89. The first-order valence-corrected chi connectivity index (χ1v) is 8.27. The molecule has 0 aliphatic carbocycles. The van der Waals surface area contributed by atoms with E-state index in [0.29, 0.717) is 0 Å². The average Bonchev–Trinajstić information content (AvgIpc) is 3.12. The van der Waals surface area contributed by atoms with Gasteiger partial charge in [0, 0.05) is 18.0 Å². The normalized spacial score (nSPS) is 10.3. The summed E-state index contributed by atoms with van der Waals surface area (Å²) < 4.78 is 6.69. The highest BCUT2D eigenvalue weighted by Crippen LogP contribution is 2.23. The zero-order chi connectivity index (χ0) is 20.1. The van der Waals surface area contributed by atoms with E-state index >= 15 is 0 Å². The van der Waals surface area contributed by atoms with Crippen LogP contribution in [0, 0.1) is 17.0 Å². The van der Waals surface area contributed by atoms with E-state index in [9.17, 15) is 19.7 Å². The standard InChI is InChI=1S/C19H16N4O5/c1-13-10-11-20-22(13)15-8-6-14(7-9-15)19(25)28-12-18(24)21-16-4-2-3-5-17(16)23(26)27/h2-11H,12H2,1H3,(H,21,24). The summed E-state index contributed by atoms with van der Waals surface area (Å²) in [6.07, 6.45) is 1.67. The second-order valence-corrected chi connectivity index (χ2v) is 5.83. The first kappa shape index (κ1) is 18.8. The number of ether oxygens (including phenoxy) is 1. The van der Waals surface area contributed by atoms with Gasteiger partial charge in [-0.3, -0.25) is 14.9 Å². The van der Waals surface area contributed by atoms with Gasteiger partial charge in [0.15, 0.2) is 6.61 Å². The zero-order valence-corrected chi connectivity index (χ0v) is 14.9. The summed E-state index contributed by atoms with van der Waals surface area (Å²) in [5, 5.41) is 17.5. The van der Waals surface area contributed by atoms with Crippen molar-refractivity contribution >= 4 is 23.3 Å². The number of aromatic nitrogens is 2. The Balaban J connectivity index is 1.59. The van der Waals surface area contributed by atoms with Crippen molar-refractivity contribution in [2.24, 2.45) is 0 Å². The summed E-state index contributed by atoms with van der Waals surface area (Å²) in [7, 11) is 0. The highest BCUT2D eigenvalue weighted by atomic mass is 16.6. The van der Waals surface area contributed by atoms with Gasteiger partial charge in [0.05, 0.1) is 16.2 Å². The number of amides is 1. The maximum absolute atomic E-state index is 12.1. The van der Waals surface area contributed by atoms with E-state index in [1.807, 2.05) is 13.0 Å². The van der Waals surface area contributed by atoms with Crippen LogP contribution in [0.4, 0.5) is 11.4 Å². The van der Waals surface area contributed by atoms with Gasteiger partial charge in [-0.1, -0.05) is 12.1 Å². The molecule has 0 fully saturated rings. The summed E-state index contributed by atoms with van der Waals surface area (Å²) >= 11 is 0. The maximum Gasteiger partial charge on any atom is 0.338 e. The Bertz CT molecular complexity index is 1030. The van der Waals surface area contributed by atoms with E-state index in [1.165, 1.54) is 18.2 Å². The molecule has 9 nitrogen and oxygen atoms in total. The van der Waals surface area contributed by atoms with Crippen molar-refractivity contribution in [1.82, 2.24) is 9.78 Å². The Labute approximate surface area is 159 Å². The van der Waals surface area contributed by atoms with Crippen molar-refractivity contribution < 1.29 is 19.2 Å². The Morgan fingerprint density at radius 1 is 1.14 bits per heavy atom. The van der Waals surface area contributed by atoms with E-state index in [-0.39, 0.29) is 16.9 Å². The van der Waals surface area contributed by atoms with Crippen LogP contribution in [0.1, 0.15) is 16.1 Å². The second-order valence-electron chi connectivity index (χ2n) is 5.83. The molecule has 3 aromatic rings. The minimum atomic E-state index is -0.679. The number of esters is 1. The van der Waals surface area contributed by atoms with Crippen LogP contribution in [0.2, 0.25) is 0 Å². The Morgan fingerprint density at radius 3 is 2.50 bits per heavy atom. The molecule has 9 heteroatoms. The van der Waals surface area contributed by atoms with Gasteiger partial charge < -0.3 is 10.1 Å². The molecular weight excluding hydrogens is 364 g/mol. The van der Waals surface area contributed by atoms with Gasteiger partial charge in [0.2, 0.25) is 0 Å². The summed E-state index contributed by atoms with van der Waals surface area (Å²) in [6.45, 7) is 1.34. The number of aryl methyl sites for hydroxylation is 1. The van der Waals surface area contributed by atoms with E-state index in [2.05, 4.69) is 10.4 Å². The molecule has 0 atom stereocenters. The van der Waals surface area contributed by atoms with Gasteiger partial charge in [0.25, 0.3) is 11.6 Å². The average molecular weight is 380 g/mol. The number of rotatable bonds is 6. The molecule has 0 radical (unpaired) electrons. The fraction of sp³-hybridized carbons (Fsp3) is 0.105. The molecule has 142 valence electrons. The van der Waals surface area contributed by atoms with Crippen molar-refractivity contribution in [3.8, 4) is 5.69 Å². The van der Waals surface area contributed by atoms with Crippen molar-refractivity contribution in [1.29, 1.82) is 0 Å². The van der Waals surface area contributed by atoms with Gasteiger partial charge in [-0.05, 0) is 43.3 Å². The largest absolute Gasteiger partial charge is 0.452 e. The predicted molar refractivity (Wildman–Crippen MR) is 100 cm³/mol. The fourth-order valence-electron chi connectivity index (χ4n) is 2.52. The number of nitro groups is 1. The minimum absolute atomic E-state index is 0.0347. The molecule has 2 aromatic carbocycles. The molecule has 0 aliphatic heterocycles. The summed E-state index contributed by atoms with van der Waals surface area (Å²) in [5.74, 6) is -1.35. The number of para-hydroxylation sites is 2. The molecular formula is C19H16N4O5. The van der Waals surface area contributed by atoms with E-state index in [4.69, 9.17) is 4.74 Å². The fourth-order valence-corrected chi connectivity index (χ4v) is 2.52. The lowest BCUT2D eigenvalue weighted by Crippen LogP contribution is -2.21. The van der Waals surface area contributed by atoms with Crippen LogP contribution in [-0.4, -0.2) is 33.2 Å². The van der Waals surface area contributed by atoms with Crippen LogP contribution in [0.3, 0.4) is 0 Å². The van der Waals surface area contributed by atoms with Gasteiger partial charge in [-0.2, -0.15) is 5.10 Å². The topological polar surface area (TPSA) is 116 Å². The Kier molecular flexibility index (Phi) is 5.45. The first-order valence-electron chi connectivity index (χ1n) is 8.27. The number of nitrogens with zero attached hydrogens (tertiary/aromatic N) is 3. The number of nitro benzene ring substituents is 1. The number of hydrogen-bond donors (Lipinski definition) is 1. The Morgan fingerprint density at radius 2 is 1.86 bits per heavy atom. The smallest absolute Gasteiger partial charge is 0.338 e. The van der Waals surface area contributed by atoms with E-state index < -0.39 is 23.4 Å². The first-order chi connectivity index (χ1) is 13.5. The number of nitrogens with one attached hydrogen (secondary N) is 1. The molecule has 0 aliphatic rings. The molecule has 1 aromatic heterocycles. The van der Waals surface area contributed by atoms with Gasteiger partial charge in [-0.15, -0.1) is 0 Å². The lowest BCUT2D eigenvalue weighted by molar-refractivity contribution is -0.383. The van der Waals surface area contributed by atoms with Gasteiger partial charge in [0.1, 0.15) is 5.69 Å². The molecule has 1 N–H and O–H groups in total. The monoisotopic (exact) mass is 380 g/mol. The number of benzene rings is 2. The van der Waals surface area contributed by atoms with Crippen LogP contribution >= 0.6 is 0 Å². The van der Waals surface area contributed by atoms with Gasteiger partial charge in [-0.25, -0.2) is 9.48 Å². The molecule has 0 bridgehead atoms. The SMILES string of the molecule is Cc1ccnn1-c1ccc(C(=O)OCC(=O)Nc2ccccc2[N+](=O)[O-])cc1. The molecule has 0 saturated carbocycles. The van der Waals surface area contributed by atoms with E-state index in [0.717, 1.165) is 11.4 Å². The highest BCUT2D eigenvalue weighted by molar-refractivity contribution is 5.96. The number of hydrogen-bond acceptors (Lipinski definition) is 6. The quantitative estimate of drug-likeness (QED) is 0.399. The number of carbonyl (C=O) groups excluding carboxylic acids is 2. The van der Waals surface area contributed by atoms with Gasteiger partial charge >= 0.3 is 5.97 Å². The molecule has 0 spiro atoms. The third-order valence-corrected chi connectivity index (χ3v) is 3.89. The van der Waals surface area contributed by atoms with Crippen LogP contribution in [0.25, 0.3) is 5.69 Å². The lowest BCUT2D eigenvalue weighted by atomic mass is 10.2. The number of anilines is 1. The minimum Gasteiger partial charge on any atom is -0.452 e. The molecule has 1 heterocycles. The number of carbonyl (C=O) groups is 2. The van der Waals surface area contributed by atoms with Crippen LogP contribution < -0.4 is 5.32 Å².